The molecule has 2 bridgehead atoms. The van der Waals surface area contributed by atoms with E-state index in [0.29, 0.717) is 0 Å². The number of nitro benzene ring substituents is 1. The number of likely N-dealkylation sites (tertiary alicyclic amines) is 1. The molecule has 1 aliphatic heterocycles. The van der Waals surface area contributed by atoms with Crippen LogP contribution in [0.4, 0.5) is 15.8 Å². The third-order valence-electron chi connectivity index (χ3n) is 5.38. The number of benzene rings is 1. The van der Waals surface area contributed by atoms with Crippen LogP contribution in [0.3, 0.4) is 0 Å². The minimum atomic E-state index is -0.930. The van der Waals surface area contributed by atoms with Crippen LogP contribution >= 0.6 is 0 Å². The van der Waals surface area contributed by atoms with E-state index in [0.717, 1.165) is 12.5 Å². The van der Waals surface area contributed by atoms with Gasteiger partial charge >= 0.3 is 5.69 Å². The Morgan fingerprint density at radius 3 is 2.44 bits per heavy atom. The Kier molecular flexibility index (Phi) is 3.55. The lowest BCUT2D eigenvalue weighted by Gasteiger charge is -2.17. The molecule has 1 aromatic rings. The molecule has 1 heterocycles. The molecule has 0 aromatic heterocycles. The number of rotatable bonds is 5. The third-order valence-corrected chi connectivity index (χ3v) is 5.38. The third kappa shape index (κ3) is 2.32. The van der Waals surface area contributed by atoms with Crippen LogP contribution in [0.25, 0.3) is 0 Å². The van der Waals surface area contributed by atoms with Crippen molar-refractivity contribution < 1.29 is 18.9 Å². The van der Waals surface area contributed by atoms with Gasteiger partial charge in [0.05, 0.1) is 16.8 Å². The summed E-state index contributed by atoms with van der Waals surface area (Å²) < 4.78 is 13.6. The van der Waals surface area contributed by atoms with Crippen molar-refractivity contribution in [3.63, 3.8) is 0 Å². The molecule has 4 unspecified atom stereocenters. The van der Waals surface area contributed by atoms with Crippen LogP contribution < -0.4 is 5.32 Å². The van der Waals surface area contributed by atoms with E-state index in [-0.39, 0.29) is 54.3 Å². The van der Waals surface area contributed by atoms with Gasteiger partial charge in [-0.05, 0) is 30.4 Å². The van der Waals surface area contributed by atoms with Gasteiger partial charge in [-0.15, -0.1) is 0 Å². The lowest BCUT2D eigenvalue weighted by Crippen LogP contribution is -2.36. The largest absolute Gasteiger partial charge is 0.378 e. The summed E-state index contributed by atoms with van der Waals surface area (Å²) in [5.74, 6) is -1.48. The Morgan fingerprint density at radius 2 is 1.84 bits per heavy atom. The van der Waals surface area contributed by atoms with E-state index in [1.165, 1.54) is 17.0 Å². The van der Waals surface area contributed by atoms with Crippen molar-refractivity contribution in [2.45, 2.75) is 6.42 Å². The van der Waals surface area contributed by atoms with Crippen LogP contribution in [-0.4, -0.2) is 34.7 Å². The Morgan fingerprint density at radius 1 is 1.20 bits per heavy atom. The molecular formula is C17H16FN3O4. The first-order valence-corrected chi connectivity index (χ1v) is 8.19. The minimum absolute atomic E-state index is 0.0334. The van der Waals surface area contributed by atoms with E-state index in [2.05, 4.69) is 5.32 Å². The van der Waals surface area contributed by atoms with Gasteiger partial charge in [0, 0.05) is 13.1 Å². The fraction of sp³-hybridized carbons (Fsp3) is 0.412. The Balaban J connectivity index is 1.44. The zero-order valence-electron chi connectivity index (χ0n) is 13.2. The Bertz CT molecular complexity index is 779. The number of amides is 2. The maximum absolute atomic E-state index is 13.6. The molecule has 2 aliphatic carbocycles. The molecule has 8 heteroatoms. The highest BCUT2D eigenvalue weighted by Crippen LogP contribution is 2.52. The first-order chi connectivity index (χ1) is 12.0. The highest BCUT2D eigenvalue weighted by Gasteiger charge is 2.58. The van der Waals surface area contributed by atoms with Gasteiger partial charge in [0.25, 0.3) is 0 Å². The van der Waals surface area contributed by atoms with Gasteiger partial charge in [0.1, 0.15) is 5.69 Å². The second-order valence-corrected chi connectivity index (χ2v) is 6.65. The van der Waals surface area contributed by atoms with E-state index < -0.39 is 16.4 Å². The van der Waals surface area contributed by atoms with Gasteiger partial charge in [-0.25, -0.2) is 0 Å². The smallest absolute Gasteiger partial charge is 0.327 e. The molecule has 130 valence electrons. The summed E-state index contributed by atoms with van der Waals surface area (Å²) in [4.78, 5) is 36.5. The molecule has 4 rings (SSSR count). The number of halogens is 1. The van der Waals surface area contributed by atoms with Crippen LogP contribution in [0.5, 0.6) is 0 Å². The summed E-state index contributed by atoms with van der Waals surface area (Å²) in [6, 6.07) is 3.78. The fourth-order valence-corrected chi connectivity index (χ4v) is 4.33. The van der Waals surface area contributed by atoms with Crippen molar-refractivity contribution in [3.8, 4) is 0 Å². The van der Waals surface area contributed by atoms with E-state index in [4.69, 9.17) is 0 Å². The number of carbonyl (C=O) groups excluding carboxylic acids is 2. The highest BCUT2D eigenvalue weighted by molar-refractivity contribution is 6.06. The average molecular weight is 345 g/mol. The van der Waals surface area contributed by atoms with Crippen LogP contribution in [0.2, 0.25) is 0 Å². The molecule has 25 heavy (non-hydrogen) atoms. The van der Waals surface area contributed by atoms with E-state index in [9.17, 15) is 24.1 Å². The number of allylic oxidation sites excluding steroid dienone is 2. The topological polar surface area (TPSA) is 92.6 Å². The number of imide groups is 1. The van der Waals surface area contributed by atoms with Crippen molar-refractivity contribution in [1.29, 1.82) is 0 Å². The molecule has 0 spiro atoms. The summed E-state index contributed by atoms with van der Waals surface area (Å²) in [6.45, 7) is 0.238. The van der Waals surface area contributed by atoms with Crippen molar-refractivity contribution in [1.82, 2.24) is 4.90 Å². The van der Waals surface area contributed by atoms with Crippen LogP contribution in [0.15, 0.2) is 30.4 Å². The summed E-state index contributed by atoms with van der Waals surface area (Å²) >= 11 is 0. The Labute approximate surface area is 142 Å². The SMILES string of the molecule is O=C1C2C3C=CC(C3)C2C(=O)N1CCNc1cccc(F)c1[N+](=O)[O-]. The first kappa shape index (κ1) is 15.7. The monoisotopic (exact) mass is 345 g/mol. The van der Waals surface area contributed by atoms with Crippen LogP contribution in [-0.2, 0) is 9.59 Å². The zero-order valence-corrected chi connectivity index (χ0v) is 13.2. The lowest BCUT2D eigenvalue weighted by molar-refractivity contribution is -0.386. The van der Waals surface area contributed by atoms with Gasteiger partial charge in [-0.1, -0.05) is 18.2 Å². The molecule has 3 aliphatic rings. The lowest BCUT2D eigenvalue weighted by atomic mass is 9.85. The second kappa shape index (κ2) is 5.65. The Hall–Kier alpha value is -2.77. The molecule has 1 aromatic carbocycles. The average Bonchev–Trinajstić information content (AvgIpc) is 3.23. The van der Waals surface area contributed by atoms with Crippen LogP contribution in [0, 0.1) is 39.6 Å². The summed E-state index contributed by atoms with van der Waals surface area (Å²) in [5, 5.41) is 13.7. The quantitative estimate of drug-likeness (QED) is 0.381. The standard InChI is InChI=1S/C17H16FN3O4/c18-11-2-1-3-12(15(11)21(24)25)19-6-7-20-16(22)13-9-4-5-10(8-9)14(13)17(20)23/h1-5,9-10,13-14,19H,6-8H2. The van der Waals surface area contributed by atoms with E-state index >= 15 is 0 Å². The minimum Gasteiger partial charge on any atom is -0.378 e. The molecule has 4 atom stereocenters. The van der Waals surface area contributed by atoms with Crippen molar-refractivity contribution in [3.05, 3.63) is 46.3 Å². The zero-order chi connectivity index (χ0) is 17.7. The number of nitro groups is 1. The first-order valence-electron chi connectivity index (χ1n) is 8.19. The predicted octanol–water partition coefficient (Wildman–Crippen LogP) is 1.95. The molecule has 0 radical (unpaired) electrons. The number of para-hydroxylation sites is 1. The number of nitrogens with one attached hydrogen (secondary N) is 1. The molecular weight excluding hydrogens is 329 g/mol. The van der Waals surface area contributed by atoms with Crippen LogP contribution in [0.1, 0.15) is 6.42 Å². The number of hydrogen-bond donors (Lipinski definition) is 1. The number of anilines is 1. The highest BCUT2D eigenvalue weighted by atomic mass is 19.1. The van der Waals surface area contributed by atoms with Crippen molar-refractivity contribution in [2.24, 2.45) is 23.7 Å². The maximum atomic E-state index is 13.6. The molecule has 2 amide bonds. The normalized spacial score (nSPS) is 29.4. The molecule has 1 saturated carbocycles. The van der Waals surface area contributed by atoms with Gasteiger partial charge in [0.15, 0.2) is 0 Å². The van der Waals surface area contributed by atoms with E-state index in [1.807, 2.05) is 12.2 Å². The molecule has 1 saturated heterocycles. The van der Waals surface area contributed by atoms with Gasteiger partial charge in [0.2, 0.25) is 17.6 Å². The molecule has 7 nitrogen and oxygen atoms in total. The van der Waals surface area contributed by atoms with Gasteiger partial charge < -0.3 is 5.32 Å². The number of nitrogens with zero attached hydrogens (tertiary/aromatic N) is 2. The summed E-state index contributed by atoms with van der Waals surface area (Å²) in [5.41, 5.74) is -0.605. The maximum Gasteiger partial charge on any atom is 0.327 e. The molecule has 2 fully saturated rings. The van der Waals surface area contributed by atoms with E-state index in [1.54, 1.807) is 0 Å². The van der Waals surface area contributed by atoms with Crippen molar-refractivity contribution >= 4 is 23.2 Å². The number of carbonyl (C=O) groups is 2. The second-order valence-electron chi connectivity index (χ2n) is 6.65. The fourth-order valence-electron chi connectivity index (χ4n) is 4.33. The van der Waals surface area contributed by atoms with Gasteiger partial charge in [-0.3, -0.25) is 24.6 Å². The predicted molar refractivity (Wildman–Crippen MR) is 86.0 cm³/mol. The molecule has 1 N–H and O–H groups in total. The number of fused-ring (bicyclic) bond motifs is 5. The summed E-state index contributed by atoms with van der Waals surface area (Å²) in [6.07, 6.45) is 4.91. The van der Waals surface area contributed by atoms with Gasteiger partial charge in [-0.2, -0.15) is 4.39 Å². The number of hydrogen-bond acceptors (Lipinski definition) is 5. The van der Waals surface area contributed by atoms with Crippen molar-refractivity contribution in [2.75, 3.05) is 18.4 Å². The summed E-state index contributed by atoms with van der Waals surface area (Å²) in [7, 11) is 0.